The molecule has 1 saturated heterocycles. The minimum Gasteiger partial charge on any atom is -0.352 e. The number of hydrogen-bond acceptors (Lipinski definition) is 4. The summed E-state index contributed by atoms with van der Waals surface area (Å²) in [6.45, 7) is 15.7. The van der Waals surface area contributed by atoms with E-state index in [0.717, 1.165) is 68.0 Å². The zero-order valence-corrected chi connectivity index (χ0v) is 27.5. The van der Waals surface area contributed by atoms with Crippen LogP contribution in [-0.4, -0.2) is 58.0 Å². The van der Waals surface area contributed by atoms with E-state index in [2.05, 4.69) is 95.9 Å². The summed E-state index contributed by atoms with van der Waals surface area (Å²) in [6.07, 6.45) is 8.31. The predicted molar refractivity (Wildman–Crippen MR) is 185 cm³/mol. The molecule has 236 valence electrons. The first kappa shape index (κ1) is 32.0. The number of amides is 1. The van der Waals surface area contributed by atoms with Crippen LogP contribution in [0.5, 0.6) is 0 Å². The third-order valence-electron chi connectivity index (χ3n) is 9.11. The fourth-order valence-electron chi connectivity index (χ4n) is 6.35. The average molecular weight is 596 g/mol. The summed E-state index contributed by atoms with van der Waals surface area (Å²) in [5, 5.41) is 6.20. The van der Waals surface area contributed by atoms with Gasteiger partial charge < -0.3 is 19.7 Å². The molecular formula is C38H53N5O. The van der Waals surface area contributed by atoms with Crippen LogP contribution in [0.4, 0.5) is 5.95 Å². The number of piperidine rings is 1. The van der Waals surface area contributed by atoms with Gasteiger partial charge in [0.1, 0.15) is 0 Å². The molecule has 5 rings (SSSR count). The number of anilines is 1. The van der Waals surface area contributed by atoms with E-state index in [0.29, 0.717) is 18.4 Å². The van der Waals surface area contributed by atoms with Gasteiger partial charge in [0.15, 0.2) is 0 Å². The molecule has 6 nitrogen and oxygen atoms in total. The molecule has 3 aromatic carbocycles. The molecule has 0 aliphatic carbocycles. The van der Waals surface area contributed by atoms with E-state index in [-0.39, 0.29) is 5.91 Å². The van der Waals surface area contributed by atoms with Gasteiger partial charge in [0, 0.05) is 31.7 Å². The van der Waals surface area contributed by atoms with Crippen molar-refractivity contribution >= 4 is 33.7 Å². The minimum atomic E-state index is 0.135. The molecule has 1 N–H and O–H groups in total. The number of rotatable bonds is 15. The van der Waals surface area contributed by atoms with Crippen LogP contribution in [0.1, 0.15) is 88.6 Å². The monoisotopic (exact) mass is 595 g/mol. The van der Waals surface area contributed by atoms with Crippen molar-refractivity contribution < 1.29 is 4.79 Å². The van der Waals surface area contributed by atoms with Crippen molar-refractivity contribution in [1.29, 1.82) is 0 Å². The minimum absolute atomic E-state index is 0.135. The van der Waals surface area contributed by atoms with Crippen LogP contribution in [0.2, 0.25) is 0 Å². The summed E-state index contributed by atoms with van der Waals surface area (Å²) in [5.41, 5.74) is 4.00. The molecule has 1 aliphatic heterocycles. The van der Waals surface area contributed by atoms with Gasteiger partial charge >= 0.3 is 0 Å². The summed E-state index contributed by atoms with van der Waals surface area (Å²) in [5.74, 6) is 2.14. The summed E-state index contributed by atoms with van der Waals surface area (Å²) in [6, 6.07) is 21.2. The third-order valence-corrected chi connectivity index (χ3v) is 9.11. The molecule has 0 radical (unpaired) electrons. The zero-order chi connectivity index (χ0) is 30.9. The quantitative estimate of drug-likeness (QED) is 0.140. The first-order chi connectivity index (χ1) is 21.4. The average Bonchev–Trinajstić information content (AvgIpc) is 3.38. The molecule has 0 saturated carbocycles. The number of benzene rings is 3. The van der Waals surface area contributed by atoms with Crippen LogP contribution < -0.4 is 5.32 Å². The van der Waals surface area contributed by atoms with E-state index in [1.54, 1.807) is 0 Å². The predicted octanol–water partition coefficient (Wildman–Crippen LogP) is 8.60. The van der Waals surface area contributed by atoms with Crippen LogP contribution in [0.3, 0.4) is 0 Å². The third kappa shape index (κ3) is 8.41. The Morgan fingerprint density at radius 2 is 1.57 bits per heavy atom. The molecule has 44 heavy (non-hydrogen) atoms. The molecule has 0 spiro atoms. The molecule has 0 bridgehead atoms. The fraction of sp³-hybridized carbons (Fsp3) is 0.526. The van der Waals surface area contributed by atoms with Gasteiger partial charge in [-0.3, -0.25) is 4.79 Å². The fourth-order valence-corrected chi connectivity index (χ4v) is 6.35. The van der Waals surface area contributed by atoms with Gasteiger partial charge in [-0.1, -0.05) is 76.6 Å². The molecule has 1 aromatic heterocycles. The Labute approximate surface area is 264 Å². The highest BCUT2D eigenvalue weighted by atomic mass is 16.2. The Kier molecular flexibility index (Phi) is 11.3. The Bertz CT molecular complexity index is 1480. The van der Waals surface area contributed by atoms with Gasteiger partial charge in [-0.25, -0.2) is 4.98 Å². The number of nitrogens with one attached hydrogen (secondary N) is 1. The molecule has 4 aromatic rings. The lowest BCUT2D eigenvalue weighted by Gasteiger charge is -2.26. The van der Waals surface area contributed by atoms with Crippen molar-refractivity contribution in [2.45, 2.75) is 85.7 Å². The van der Waals surface area contributed by atoms with E-state index < -0.39 is 0 Å². The Balaban J connectivity index is 1.39. The Morgan fingerprint density at radius 3 is 2.32 bits per heavy atom. The molecule has 1 aliphatic rings. The molecule has 2 heterocycles. The van der Waals surface area contributed by atoms with E-state index in [1.165, 1.54) is 55.1 Å². The maximum Gasteiger partial charge on any atom is 0.253 e. The normalized spacial score (nSPS) is 14.2. The lowest BCUT2D eigenvalue weighted by molar-refractivity contribution is 0.0741. The molecular weight excluding hydrogens is 542 g/mol. The van der Waals surface area contributed by atoms with Crippen LogP contribution in [0.25, 0.3) is 21.8 Å². The van der Waals surface area contributed by atoms with Gasteiger partial charge in [-0.05, 0) is 105 Å². The number of imidazole rings is 1. The Hall–Kier alpha value is -3.38. The number of unbranched alkanes of at least 4 members (excludes halogenated alkanes) is 1. The number of aryl methyl sites for hydroxylation is 1. The summed E-state index contributed by atoms with van der Waals surface area (Å²) >= 11 is 0. The Morgan fingerprint density at radius 1 is 0.864 bits per heavy atom. The smallest absolute Gasteiger partial charge is 0.253 e. The maximum atomic E-state index is 13.9. The summed E-state index contributed by atoms with van der Waals surface area (Å²) < 4.78 is 2.32. The maximum absolute atomic E-state index is 13.9. The van der Waals surface area contributed by atoms with Gasteiger partial charge in [-0.2, -0.15) is 0 Å². The SMILES string of the molecule is CC(C)CCN(CCC(C)C)C(=O)c1ccc2nc(NCc3cccc4ccccc34)n(CCCCN3CCCCC3)c2c1. The highest BCUT2D eigenvalue weighted by Gasteiger charge is 2.20. The lowest BCUT2D eigenvalue weighted by Crippen LogP contribution is -2.34. The van der Waals surface area contributed by atoms with Crippen molar-refractivity contribution in [2.24, 2.45) is 11.8 Å². The molecule has 0 atom stereocenters. The number of carbonyl (C=O) groups is 1. The lowest BCUT2D eigenvalue weighted by atomic mass is 10.0. The van der Waals surface area contributed by atoms with Crippen LogP contribution in [-0.2, 0) is 13.1 Å². The number of carbonyl (C=O) groups excluding carboxylic acids is 1. The van der Waals surface area contributed by atoms with Gasteiger partial charge in [-0.15, -0.1) is 0 Å². The van der Waals surface area contributed by atoms with Gasteiger partial charge in [0.05, 0.1) is 11.0 Å². The summed E-state index contributed by atoms with van der Waals surface area (Å²) in [7, 11) is 0. The van der Waals surface area contributed by atoms with Crippen LogP contribution in [0, 0.1) is 11.8 Å². The second-order valence-corrected chi connectivity index (χ2v) is 13.5. The van der Waals surface area contributed by atoms with E-state index in [4.69, 9.17) is 4.98 Å². The van der Waals surface area contributed by atoms with E-state index in [9.17, 15) is 4.79 Å². The largest absolute Gasteiger partial charge is 0.352 e. The first-order valence-corrected chi connectivity index (χ1v) is 17.1. The zero-order valence-electron chi connectivity index (χ0n) is 27.5. The second-order valence-electron chi connectivity index (χ2n) is 13.5. The van der Waals surface area contributed by atoms with Crippen molar-refractivity contribution in [3.63, 3.8) is 0 Å². The molecule has 1 amide bonds. The number of fused-ring (bicyclic) bond motifs is 2. The molecule has 0 unspecified atom stereocenters. The number of hydrogen-bond donors (Lipinski definition) is 1. The highest BCUT2D eigenvalue weighted by molar-refractivity contribution is 5.98. The van der Waals surface area contributed by atoms with Crippen LogP contribution >= 0.6 is 0 Å². The number of nitrogens with zero attached hydrogens (tertiary/aromatic N) is 4. The number of likely N-dealkylation sites (tertiary alicyclic amines) is 1. The van der Waals surface area contributed by atoms with Crippen molar-refractivity contribution in [3.05, 3.63) is 71.8 Å². The first-order valence-electron chi connectivity index (χ1n) is 17.1. The highest BCUT2D eigenvalue weighted by Crippen LogP contribution is 2.25. The summed E-state index contributed by atoms with van der Waals surface area (Å²) in [4.78, 5) is 23.6. The van der Waals surface area contributed by atoms with Crippen molar-refractivity contribution in [2.75, 3.05) is 38.0 Å². The van der Waals surface area contributed by atoms with Gasteiger partial charge in [0.2, 0.25) is 5.95 Å². The van der Waals surface area contributed by atoms with E-state index >= 15 is 0 Å². The standard InChI is InChI=1S/C38H53N5O/c1-29(2)19-25-42(26-20-30(3)4)37(44)32-17-18-35-36(27-32)43(24-11-10-23-41-21-8-5-9-22-41)38(40-35)39-28-33-15-12-14-31-13-6-7-16-34(31)33/h6-7,12-18,27,29-30H,5,8-11,19-26,28H2,1-4H3,(H,39,40). The topological polar surface area (TPSA) is 53.4 Å². The molecule has 1 fully saturated rings. The van der Waals surface area contributed by atoms with Crippen LogP contribution in [0.15, 0.2) is 60.7 Å². The van der Waals surface area contributed by atoms with Crippen molar-refractivity contribution in [3.8, 4) is 0 Å². The van der Waals surface area contributed by atoms with E-state index in [1.807, 2.05) is 12.1 Å². The van der Waals surface area contributed by atoms with Gasteiger partial charge in [0.25, 0.3) is 5.91 Å². The second kappa shape index (κ2) is 15.6. The molecule has 6 heteroatoms. The van der Waals surface area contributed by atoms with Crippen molar-refractivity contribution in [1.82, 2.24) is 19.4 Å². The number of aromatic nitrogens is 2.